The van der Waals surface area contributed by atoms with E-state index in [-0.39, 0.29) is 11.7 Å². The van der Waals surface area contributed by atoms with Crippen molar-refractivity contribution in [2.24, 2.45) is 5.92 Å². The first-order valence-corrected chi connectivity index (χ1v) is 11.0. The summed E-state index contributed by atoms with van der Waals surface area (Å²) in [4.78, 5) is 26.4. The minimum absolute atomic E-state index is 0.0325. The van der Waals surface area contributed by atoms with Crippen LogP contribution in [0.25, 0.3) is 0 Å². The van der Waals surface area contributed by atoms with E-state index in [4.69, 9.17) is 25.8 Å². The van der Waals surface area contributed by atoms with Gasteiger partial charge in [-0.2, -0.15) is 0 Å². The van der Waals surface area contributed by atoms with Gasteiger partial charge in [0.05, 0.1) is 21.3 Å². The number of carbonyl (C=O) groups excluding carboxylic acids is 2. The molecule has 0 spiro atoms. The molecule has 0 radical (unpaired) electrons. The average molecular weight is 468 g/mol. The summed E-state index contributed by atoms with van der Waals surface area (Å²) in [5.74, 6) is -0.789. The van der Waals surface area contributed by atoms with Crippen LogP contribution in [0.1, 0.15) is 35.8 Å². The van der Waals surface area contributed by atoms with E-state index in [1.807, 2.05) is 30.3 Å². The summed E-state index contributed by atoms with van der Waals surface area (Å²) in [6.07, 6.45) is 0.885. The van der Waals surface area contributed by atoms with Crippen molar-refractivity contribution in [1.29, 1.82) is 0 Å². The number of hydrogen-bond donors (Lipinski definition) is 1. The molecule has 2 aromatic carbocycles. The Morgan fingerprint density at radius 1 is 1.06 bits per heavy atom. The van der Waals surface area contributed by atoms with Gasteiger partial charge < -0.3 is 19.5 Å². The number of hydrogen-bond acceptors (Lipinski definition) is 6. The molecule has 3 atom stereocenters. The molecular formula is C26H26ClNO5. The van der Waals surface area contributed by atoms with Crippen LogP contribution >= 0.6 is 11.6 Å². The third-order valence-corrected chi connectivity index (χ3v) is 6.75. The van der Waals surface area contributed by atoms with Crippen LogP contribution in [0.3, 0.4) is 0 Å². The van der Waals surface area contributed by atoms with E-state index < -0.39 is 17.8 Å². The Bertz CT molecular complexity index is 1160. The second-order valence-corrected chi connectivity index (χ2v) is 8.59. The lowest BCUT2D eigenvalue weighted by molar-refractivity contribution is -0.144. The minimum atomic E-state index is -0.757. The standard InChI is InChI=1S/C26H26ClNO5/c1-14-23(26(30)33-4)24(15-9-10-21(31-2)22(13-15)32-3)25-19(28-14)11-16(12-20(25)29)17-7-5-6-8-18(17)27/h5-10,13,16,23-24,28H,1,11-12H2,2-4H3. The molecule has 0 fully saturated rings. The van der Waals surface area contributed by atoms with Crippen molar-refractivity contribution in [3.63, 3.8) is 0 Å². The van der Waals surface area contributed by atoms with E-state index in [2.05, 4.69) is 11.9 Å². The lowest BCUT2D eigenvalue weighted by atomic mass is 9.69. The number of allylic oxidation sites excluding steroid dienone is 2. The summed E-state index contributed by atoms with van der Waals surface area (Å²) in [6.45, 7) is 4.11. The molecule has 1 N–H and O–H groups in total. The first-order chi connectivity index (χ1) is 15.9. The van der Waals surface area contributed by atoms with Gasteiger partial charge in [-0.15, -0.1) is 0 Å². The molecule has 3 unspecified atom stereocenters. The highest BCUT2D eigenvalue weighted by atomic mass is 35.5. The molecule has 7 heteroatoms. The molecule has 1 heterocycles. The lowest BCUT2D eigenvalue weighted by Crippen LogP contribution is -2.42. The van der Waals surface area contributed by atoms with E-state index in [1.165, 1.54) is 7.11 Å². The van der Waals surface area contributed by atoms with Crippen LogP contribution < -0.4 is 14.8 Å². The number of Topliss-reactive ketones (excluding diaryl/α,β-unsaturated/α-hetero) is 1. The van der Waals surface area contributed by atoms with E-state index in [0.717, 1.165) is 16.8 Å². The molecule has 2 aromatic rings. The third kappa shape index (κ3) is 4.11. The minimum Gasteiger partial charge on any atom is -0.493 e. The van der Waals surface area contributed by atoms with E-state index in [1.54, 1.807) is 26.4 Å². The van der Waals surface area contributed by atoms with Crippen LogP contribution in [0, 0.1) is 5.92 Å². The van der Waals surface area contributed by atoms with E-state index in [0.29, 0.717) is 40.6 Å². The number of halogens is 1. The quantitative estimate of drug-likeness (QED) is 0.640. The normalized spacial score (nSPS) is 22.4. The van der Waals surface area contributed by atoms with Gasteiger partial charge >= 0.3 is 5.97 Å². The van der Waals surface area contributed by atoms with Gasteiger partial charge in [0, 0.05) is 34.3 Å². The molecule has 172 valence electrons. The van der Waals surface area contributed by atoms with Crippen LogP contribution in [0.5, 0.6) is 11.5 Å². The number of carbonyl (C=O) groups is 2. The van der Waals surface area contributed by atoms with E-state index >= 15 is 0 Å². The van der Waals surface area contributed by atoms with Crippen molar-refractivity contribution in [2.75, 3.05) is 21.3 Å². The van der Waals surface area contributed by atoms with E-state index in [9.17, 15) is 9.59 Å². The monoisotopic (exact) mass is 467 g/mol. The van der Waals surface area contributed by atoms with Crippen molar-refractivity contribution in [3.8, 4) is 11.5 Å². The summed E-state index contributed by atoms with van der Waals surface area (Å²) in [5, 5.41) is 3.89. The van der Waals surface area contributed by atoms with Crippen LogP contribution in [-0.2, 0) is 14.3 Å². The molecule has 1 aliphatic heterocycles. The highest BCUT2D eigenvalue weighted by Gasteiger charge is 2.45. The number of ketones is 1. The van der Waals surface area contributed by atoms with Gasteiger partial charge in [0.15, 0.2) is 17.3 Å². The van der Waals surface area contributed by atoms with Crippen molar-refractivity contribution in [1.82, 2.24) is 5.32 Å². The summed E-state index contributed by atoms with van der Waals surface area (Å²) >= 11 is 6.43. The molecule has 0 bridgehead atoms. The second kappa shape index (κ2) is 9.32. The van der Waals surface area contributed by atoms with Crippen LogP contribution in [-0.4, -0.2) is 33.1 Å². The van der Waals surface area contributed by atoms with Gasteiger partial charge in [0.1, 0.15) is 5.92 Å². The SMILES string of the molecule is C=C1NC2=C(C(=O)CC(c3ccccc3Cl)C2)C(c2ccc(OC)c(OC)c2)C1C(=O)OC. The van der Waals surface area contributed by atoms with Gasteiger partial charge in [-0.25, -0.2) is 0 Å². The summed E-state index contributed by atoms with van der Waals surface area (Å²) in [5.41, 5.74) is 3.52. The Hall–Kier alpha value is -3.25. The van der Waals surface area contributed by atoms with Crippen molar-refractivity contribution < 1.29 is 23.8 Å². The van der Waals surface area contributed by atoms with Crippen LogP contribution in [0.2, 0.25) is 5.02 Å². The first-order valence-electron chi connectivity index (χ1n) is 10.7. The molecule has 0 saturated heterocycles. The predicted octanol–water partition coefficient (Wildman–Crippen LogP) is 4.75. The van der Waals surface area contributed by atoms with Crippen LogP contribution in [0.4, 0.5) is 0 Å². The maximum atomic E-state index is 13.6. The zero-order valence-electron chi connectivity index (χ0n) is 18.8. The fourth-order valence-electron chi connectivity index (χ4n) is 4.89. The average Bonchev–Trinajstić information content (AvgIpc) is 2.82. The fraction of sp³-hybridized carbons (Fsp3) is 0.308. The highest BCUT2D eigenvalue weighted by Crippen LogP contribution is 2.48. The van der Waals surface area contributed by atoms with Gasteiger partial charge in [0.2, 0.25) is 0 Å². The summed E-state index contributed by atoms with van der Waals surface area (Å²) < 4.78 is 15.9. The highest BCUT2D eigenvalue weighted by molar-refractivity contribution is 6.31. The molecule has 6 nitrogen and oxygen atoms in total. The molecule has 1 aliphatic carbocycles. The fourth-order valence-corrected chi connectivity index (χ4v) is 5.18. The van der Waals surface area contributed by atoms with Crippen molar-refractivity contribution in [3.05, 3.63) is 82.2 Å². The molecular weight excluding hydrogens is 442 g/mol. The second-order valence-electron chi connectivity index (χ2n) is 8.19. The Kier molecular flexibility index (Phi) is 6.47. The molecule has 4 rings (SSSR count). The number of benzene rings is 2. The largest absolute Gasteiger partial charge is 0.493 e. The Morgan fingerprint density at radius 2 is 1.79 bits per heavy atom. The summed E-state index contributed by atoms with van der Waals surface area (Å²) in [7, 11) is 4.44. The maximum Gasteiger partial charge on any atom is 0.315 e. The Labute approximate surface area is 198 Å². The van der Waals surface area contributed by atoms with Gasteiger partial charge in [-0.05, 0) is 41.7 Å². The molecule has 33 heavy (non-hydrogen) atoms. The molecule has 0 saturated carbocycles. The van der Waals surface area contributed by atoms with Gasteiger partial charge in [-0.3, -0.25) is 9.59 Å². The zero-order chi connectivity index (χ0) is 23.7. The summed E-state index contributed by atoms with van der Waals surface area (Å²) in [6, 6.07) is 13.0. The van der Waals surface area contributed by atoms with Crippen molar-refractivity contribution in [2.45, 2.75) is 24.7 Å². The number of esters is 1. The topological polar surface area (TPSA) is 73.9 Å². The first kappa shape index (κ1) is 22.9. The van der Waals surface area contributed by atoms with Gasteiger partial charge in [0.25, 0.3) is 0 Å². The third-order valence-electron chi connectivity index (χ3n) is 6.41. The van der Waals surface area contributed by atoms with Crippen LogP contribution in [0.15, 0.2) is 66.0 Å². The molecule has 0 amide bonds. The Morgan fingerprint density at radius 3 is 2.45 bits per heavy atom. The molecule has 0 aromatic heterocycles. The smallest absolute Gasteiger partial charge is 0.315 e. The number of rotatable bonds is 5. The van der Waals surface area contributed by atoms with Gasteiger partial charge in [-0.1, -0.05) is 42.4 Å². The maximum absolute atomic E-state index is 13.6. The predicted molar refractivity (Wildman–Crippen MR) is 126 cm³/mol. The number of methoxy groups -OCH3 is 3. The Balaban J connectivity index is 1.84. The number of nitrogens with one attached hydrogen (secondary N) is 1. The molecule has 2 aliphatic rings. The number of ether oxygens (including phenoxy) is 3. The van der Waals surface area contributed by atoms with Crippen molar-refractivity contribution >= 4 is 23.4 Å². The lowest BCUT2D eigenvalue weighted by Gasteiger charge is -2.40. The zero-order valence-corrected chi connectivity index (χ0v) is 19.6.